The van der Waals surface area contributed by atoms with Crippen LogP contribution < -0.4 is 5.44 Å². The van der Waals surface area contributed by atoms with Gasteiger partial charge in [-0.25, -0.2) is 4.68 Å². The van der Waals surface area contributed by atoms with E-state index in [0.29, 0.717) is 25.4 Å². The lowest BCUT2D eigenvalue weighted by Crippen LogP contribution is -2.22. The maximum Gasteiger partial charge on any atom is 0.381 e. The van der Waals surface area contributed by atoms with Crippen molar-refractivity contribution in [2.45, 2.75) is 46.3 Å². The van der Waals surface area contributed by atoms with E-state index in [2.05, 4.69) is 24.7 Å². The van der Waals surface area contributed by atoms with Crippen LogP contribution in [0.25, 0.3) is 0 Å². The highest BCUT2D eigenvalue weighted by Crippen LogP contribution is 2.45. The van der Waals surface area contributed by atoms with Crippen molar-refractivity contribution in [1.29, 1.82) is 0 Å². The van der Waals surface area contributed by atoms with Gasteiger partial charge in [0.25, 0.3) is 0 Å². The van der Waals surface area contributed by atoms with Crippen LogP contribution in [0.3, 0.4) is 0 Å². The molecule has 21 heavy (non-hydrogen) atoms. The molecular formula is C13H27N2O4PSi. The molecule has 0 unspecified atom stereocenters. The number of aromatic nitrogens is 2. The molecule has 0 amide bonds. The van der Waals surface area contributed by atoms with Crippen molar-refractivity contribution in [3.05, 3.63) is 12.3 Å². The summed E-state index contributed by atoms with van der Waals surface area (Å²) in [5.41, 5.74) is 0.333. The summed E-state index contributed by atoms with van der Waals surface area (Å²) >= 11 is 0. The Balaban J connectivity index is 2.57. The Bertz CT molecular complexity index is 463. The average Bonchev–Trinajstić information content (AvgIpc) is 2.83. The molecule has 0 aliphatic rings. The maximum atomic E-state index is 12.5. The van der Waals surface area contributed by atoms with Gasteiger partial charge >= 0.3 is 7.60 Å². The number of hydrogen-bond acceptors (Lipinski definition) is 5. The van der Waals surface area contributed by atoms with Crippen LogP contribution in [0, 0.1) is 0 Å². The highest BCUT2D eigenvalue weighted by molar-refractivity contribution is 7.61. The van der Waals surface area contributed by atoms with Gasteiger partial charge in [-0.3, -0.25) is 4.57 Å². The molecule has 1 aromatic rings. The first kappa shape index (κ1) is 18.6. The van der Waals surface area contributed by atoms with Gasteiger partial charge in [-0.15, -0.1) is 0 Å². The minimum absolute atomic E-state index is 0.316. The highest BCUT2D eigenvalue weighted by atomic mass is 31.2. The molecule has 0 fully saturated rings. The maximum absolute atomic E-state index is 12.5. The minimum Gasteiger partial charge on any atom is -0.360 e. The van der Waals surface area contributed by atoms with Gasteiger partial charge < -0.3 is 13.8 Å². The van der Waals surface area contributed by atoms with Crippen molar-refractivity contribution in [3.63, 3.8) is 0 Å². The molecule has 8 heteroatoms. The van der Waals surface area contributed by atoms with Gasteiger partial charge in [-0.1, -0.05) is 19.6 Å². The van der Waals surface area contributed by atoms with E-state index in [9.17, 15) is 4.57 Å². The fraction of sp³-hybridized carbons (Fsp3) is 0.769. The molecular weight excluding hydrogens is 307 g/mol. The zero-order chi connectivity index (χ0) is 15.9. The van der Waals surface area contributed by atoms with Crippen LogP contribution in [0.15, 0.2) is 12.3 Å². The third kappa shape index (κ3) is 6.44. The zero-order valence-electron chi connectivity index (χ0n) is 13.7. The van der Waals surface area contributed by atoms with E-state index in [0.717, 1.165) is 12.7 Å². The Morgan fingerprint density at radius 1 is 1.24 bits per heavy atom. The van der Waals surface area contributed by atoms with Gasteiger partial charge in [0.1, 0.15) is 6.73 Å². The first-order valence-corrected chi connectivity index (χ1v) is 12.6. The Labute approximate surface area is 128 Å². The first-order valence-electron chi connectivity index (χ1n) is 7.31. The summed E-state index contributed by atoms with van der Waals surface area (Å²) < 4.78 is 30.3. The molecule has 0 aromatic carbocycles. The summed E-state index contributed by atoms with van der Waals surface area (Å²) in [6.45, 7) is 12.2. The minimum atomic E-state index is -3.30. The van der Waals surface area contributed by atoms with Crippen molar-refractivity contribution in [2.75, 3.05) is 19.8 Å². The van der Waals surface area contributed by atoms with E-state index in [4.69, 9.17) is 13.8 Å². The molecule has 1 aromatic heterocycles. The smallest absolute Gasteiger partial charge is 0.360 e. The number of ether oxygens (including phenoxy) is 1. The Kier molecular flexibility index (Phi) is 7.30. The number of hydrogen-bond donors (Lipinski definition) is 0. The summed E-state index contributed by atoms with van der Waals surface area (Å²) in [5, 5.41) is 4.24. The molecule has 0 saturated heterocycles. The SMILES string of the molecule is CCOP(=O)(OCC)c1ccn(COCC[Si](C)(C)C)n1. The van der Waals surface area contributed by atoms with Crippen molar-refractivity contribution in [3.8, 4) is 0 Å². The van der Waals surface area contributed by atoms with Crippen LogP contribution in [-0.4, -0.2) is 37.7 Å². The van der Waals surface area contributed by atoms with Crippen LogP contribution >= 0.6 is 7.60 Å². The molecule has 1 heterocycles. The largest absolute Gasteiger partial charge is 0.381 e. The summed E-state index contributed by atoms with van der Waals surface area (Å²) in [6.07, 6.45) is 1.73. The zero-order valence-corrected chi connectivity index (χ0v) is 15.6. The van der Waals surface area contributed by atoms with Crippen LogP contribution in [0.5, 0.6) is 0 Å². The second kappa shape index (κ2) is 8.24. The molecule has 0 atom stereocenters. The second-order valence-electron chi connectivity index (χ2n) is 5.89. The molecule has 6 nitrogen and oxygen atoms in total. The molecule has 0 bridgehead atoms. The first-order chi connectivity index (χ1) is 9.80. The molecule has 1 rings (SSSR count). The van der Waals surface area contributed by atoms with Gasteiger partial charge in [0.2, 0.25) is 0 Å². The van der Waals surface area contributed by atoms with Gasteiger partial charge in [0, 0.05) is 20.9 Å². The van der Waals surface area contributed by atoms with E-state index < -0.39 is 15.7 Å². The fourth-order valence-electron chi connectivity index (χ4n) is 1.61. The highest BCUT2D eigenvalue weighted by Gasteiger charge is 2.29. The van der Waals surface area contributed by atoms with Crippen LogP contribution in [0.2, 0.25) is 25.7 Å². The van der Waals surface area contributed by atoms with E-state index in [-0.39, 0.29) is 0 Å². The number of nitrogens with zero attached hydrogens (tertiary/aromatic N) is 2. The predicted octanol–water partition coefficient (Wildman–Crippen LogP) is 3.09. The van der Waals surface area contributed by atoms with E-state index in [1.807, 2.05) is 0 Å². The van der Waals surface area contributed by atoms with Crippen LogP contribution in [0.4, 0.5) is 0 Å². The summed E-state index contributed by atoms with van der Waals surface area (Å²) in [7, 11) is -4.38. The van der Waals surface area contributed by atoms with Crippen LogP contribution in [-0.2, 0) is 25.1 Å². The molecule has 0 aliphatic heterocycles. The Morgan fingerprint density at radius 2 is 1.86 bits per heavy atom. The lowest BCUT2D eigenvalue weighted by molar-refractivity contribution is 0.0788. The van der Waals surface area contributed by atoms with Crippen molar-refractivity contribution in [1.82, 2.24) is 9.78 Å². The van der Waals surface area contributed by atoms with Crippen molar-refractivity contribution in [2.24, 2.45) is 0 Å². The van der Waals surface area contributed by atoms with E-state index in [1.165, 1.54) is 0 Å². The monoisotopic (exact) mass is 334 g/mol. The third-order valence-electron chi connectivity index (χ3n) is 2.73. The number of rotatable bonds is 10. The van der Waals surface area contributed by atoms with Gasteiger partial charge in [-0.2, -0.15) is 5.10 Å². The normalized spacial score (nSPS) is 12.8. The third-order valence-corrected chi connectivity index (χ3v) is 6.43. The molecule has 122 valence electrons. The second-order valence-corrected chi connectivity index (χ2v) is 13.5. The van der Waals surface area contributed by atoms with Gasteiger partial charge in [0.05, 0.1) is 13.2 Å². The average molecular weight is 334 g/mol. The van der Waals surface area contributed by atoms with Crippen LogP contribution in [0.1, 0.15) is 13.8 Å². The van der Waals surface area contributed by atoms with Crippen molar-refractivity contribution < 1.29 is 18.3 Å². The standard InChI is InChI=1S/C13H27N2O4PSi/c1-6-18-20(16,19-7-2)13-8-9-15(14-13)12-17-10-11-21(3,4)5/h8-9H,6-7,10-12H2,1-5H3. The lowest BCUT2D eigenvalue weighted by atomic mass is 10.7. The Morgan fingerprint density at radius 3 is 2.38 bits per heavy atom. The molecule has 0 N–H and O–H groups in total. The quantitative estimate of drug-likeness (QED) is 0.374. The van der Waals surface area contributed by atoms with E-state index in [1.54, 1.807) is 30.8 Å². The molecule has 0 radical (unpaired) electrons. The van der Waals surface area contributed by atoms with Gasteiger partial charge in [-0.05, 0) is 26.0 Å². The fourth-order valence-corrected chi connectivity index (χ4v) is 3.86. The molecule has 0 saturated carbocycles. The van der Waals surface area contributed by atoms with E-state index >= 15 is 0 Å². The predicted molar refractivity (Wildman–Crippen MR) is 86.8 cm³/mol. The van der Waals surface area contributed by atoms with Gasteiger partial charge in [0.15, 0.2) is 5.44 Å². The summed E-state index contributed by atoms with van der Waals surface area (Å²) in [5.74, 6) is 0. The topological polar surface area (TPSA) is 62.6 Å². The Hall–Kier alpha value is -0.463. The molecule has 0 spiro atoms. The molecule has 0 aliphatic carbocycles. The van der Waals surface area contributed by atoms with Crippen molar-refractivity contribution >= 4 is 21.1 Å². The summed E-state index contributed by atoms with van der Waals surface area (Å²) in [4.78, 5) is 0. The lowest BCUT2D eigenvalue weighted by Gasteiger charge is -2.15. The summed E-state index contributed by atoms with van der Waals surface area (Å²) in [6, 6.07) is 2.77.